The molecule has 0 aromatic carbocycles. The minimum atomic E-state index is 0.657. The molecule has 0 bridgehead atoms. The molecule has 0 atom stereocenters. The van der Waals surface area contributed by atoms with Crippen LogP contribution < -0.4 is 5.73 Å². The Morgan fingerprint density at radius 2 is 2.15 bits per heavy atom. The van der Waals surface area contributed by atoms with E-state index < -0.39 is 0 Å². The van der Waals surface area contributed by atoms with Gasteiger partial charge in [-0.1, -0.05) is 26.8 Å². The van der Waals surface area contributed by atoms with Crippen LogP contribution in [0.15, 0.2) is 23.3 Å². The molecule has 0 saturated heterocycles. The number of hydrogen-bond donors (Lipinski definition) is 1. The van der Waals surface area contributed by atoms with E-state index in [1.54, 1.807) is 0 Å². The zero-order valence-electron chi connectivity index (χ0n) is 8.49. The standard InChI is InChI=1S/C8H11N3.C2H6/c1-2-7-3-4-8(10-5-7)11-6-9;1-2/h3-6H,2H2,1H3,(H2,9,10,11);1-2H3. The van der Waals surface area contributed by atoms with Crippen molar-refractivity contribution in [3.8, 4) is 0 Å². The van der Waals surface area contributed by atoms with Gasteiger partial charge in [0.2, 0.25) is 0 Å². The molecule has 0 aliphatic rings. The van der Waals surface area contributed by atoms with Crippen LogP contribution in [0.1, 0.15) is 26.3 Å². The monoisotopic (exact) mass is 179 g/mol. The molecule has 1 rings (SSSR count). The van der Waals surface area contributed by atoms with Gasteiger partial charge in [0.15, 0.2) is 5.82 Å². The van der Waals surface area contributed by atoms with Crippen LogP contribution in [0.5, 0.6) is 0 Å². The minimum absolute atomic E-state index is 0.657. The molecule has 0 radical (unpaired) electrons. The van der Waals surface area contributed by atoms with Gasteiger partial charge in [-0.05, 0) is 18.1 Å². The predicted molar refractivity (Wildman–Crippen MR) is 57.3 cm³/mol. The quantitative estimate of drug-likeness (QED) is 0.559. The van der Waals surface area contributed by atoms with Crippen molar-refractivity contribution in [3.05, 3.63) is 23.9 Å². The SMILES string of the molecule is CC.CCc1ccc(N=CN)nc1. The molecule has 0 aliphatic heterocycles. The van der Waals surface area contributed by atoms with Gasteiger partial charge in [-0.3, -0.25) is 0 Å². The molecule has 0 spiro atoms. The lowest BCUT2D eigenvalue weighted by Gasteiger charge is -1.94. The fourth-order valence-corrected chi connectivity index (χ4v) is 0.779. The first-order valence-electron chi connectivity index (χ1n) is 4.56. The summed E-state index contributed by atoms with van der Waals surface area (Å²) in [5, 5.41) is 0. The number of hydrogen-bond acceptors (Lipinski definition) is 2. The molecule has 0 amide bonds. The topological polar surface area (TPSA) is 51.3 Å². The van der Waals surface area contributed by atoms with Crippen LogP contribution in [0, 0.1) is 0 Å². The van der Waals surface area contributed by atoms with Gasteiger partial charge >= 0.3 is 0 Å². The van der Waals surface area contributed by atoms with Crippen molar-refractivity contribution in [1.82, 2.24) is 4.98 Å². The van der Waals surface area contributed by atoms with Crippen molar-refractivity contribution < 1.29 is 0 Å². The highest BCUT2D eigenvalue weighted by molar-refractivity contribution is 5.56. The number of pyridine rings is 1. The molecular formula is C10H17N3. The first-order chi connectivity index (χ1) is 6.36. The summed E-state index contributed by atoms with van der Waals surface area (Å²) in [5.41, 5.74) is 6.31. The van der Waals surface area contributed by atoms with Crippen LogP contribution in [0.2, 0.25) is 0 Å². The zero-order chi connectivity index (χ0) is 10.1. The van der Waals surface area contributed by atoms with E-state index in [-0.39, 0.29) is 0 Å². The molecule has 72 valence electrons. The molecular weight excluding hydrogens is 162 g/mol. The highest BCUT2D eigenvalue weighted by Gasteiger charge is 1.89. The fraction of sp³-hybridized carbons (Fsp3) is 0.400. The molecule has 0 unspecified atom stereocenters. The lowest BCUT2D eigenvalue weighted by atomic mass is 10.2. The van der Waals surface area contributed by atoms with Crippen molar-refractivity contribution in [1.29, 1.82) is 0 Å². The van der Waals surface area contributed by atoms with Crippen LogP contribution in [-0.4, -0.2) is 11.3 Å². The predicted octanol–water partition coefficient (Wildman–Crippen LogP) is 2.29. The third kappa shape index (κ3) is 4.25. The second-order valence-electron chi connectivity index (χ2n) is 2.16. The Balaban J connectivity index is 0.000000671. The van der Waals surface area contributed by atoms with Gasteiger partial charge in [0, 0.05) is 6.20 Å². The van der Waals surface area contributed by atoms with Crippen LogP contribution in [0.25, 0.3) is 0 Å². The second-order valence-corrected chi connectivity index (χ2v) is 2.16. The van der Waals surface area contributed by atoms with E-state index in [1.807, 2.05) is 32.2 Å². The molecule has 3 heteroatoms. The van der Waals surface area contributed by atoms with Crippen LogP contribution in [-0.2, 0) is 6.42 Å². The van der Waals surface area contributed by atoms with E-state index in [2.05, 4.69) is 16.9 Å². The summed E-state index contributed by atoms with van der Waals surface area (Å²) in [5.74, 6) is 0.657. The number of aromatic nitrogens is 1. The number of nitrogens with zero attached hydrogens (tertiary/aromatic N) is 2. The highest BCUT2D eigenvalue weighted by atomic mass is 14.9. The van der Waals surface area contributed by atoms with E-state index in [1.165, 1.54) is 11.9 Å². The third-order valence-corrected chi connectivity index (χ3v) is 1.42. The summed E-state index contributed by atoms with van der Waals surface area (Å²) in [7, 11) is 0. The molecule has 3 nitrogen and oxygen atoms in total. The Bertz CT molecular complexity index is 239. The van der Waals surface area contributed by atoms with Gasteiger partial charge in [-0.25, -0.2) is 9.98 Å². The Kier molecular flexibility index (Phi) is 6.51. The van der Waals surface area contributed by atoms with Crippen molar-refractivity contribution in [2.75, 3.05) is 0 Å². The number of nitrogens with two attached hydrogens (primary N) is 1. The van der Waals surface area contributed by atoms with Gasteiger partial charge in [0.05, 0.1) is 6.34 Å². The summed E-state index contributed by atoms with van der Waals surface area (Å²) in [6.07, 6.45) is 4.05. The molecule has 13 heavy (non-hydrogen) atoms. The second kappa shape index (κ2) is 7.28. The maximum Gasteiger partial charge on any atom is 0.153 e. The van der Waals surface area contributed by atoms with E-state index >= 15 is 0 Å². The van der Waals surface area contributed by atoms with Crippen molar-refractivity contribution in [2.24, 2.45) is 10.7 Å². The minimum Gasteiger partial charge on any atom is -0.390 e. The molecule has 0 saturated carbocycles. The average molecular weight is 179 g/mol. The largest absolute Gasteiger partial charge is 0.390 e. The normalized spacial score (nSPS) is 9.46. The van der Waals surface area contributed by atoms with Gasteiger partial charge in [-0.15, -0.1) is 0 Å². The third-order valence-electron chi connectivity index (χ3n) is 1.42. The maximum absolute atomic E-state index is 5.10. The van der Waals surface area contributed by atoms with Gasteiger partial charge in [0.1, 0.15) is 0 Å². The van der Waals surface area contributed by atoms with E-state index in [9.17, 15) is 0 Å². The van der Waals surface area contributed by atoms with Gasteiger partial charge in [0.25, 0.3) is 0 Å². The lowest BCUT2D eigenvalue weighted by Crippen LogP contribution is -1.88. The molecule has 1 heterocycles. The first kappa shape index (κ1) is 11.6. The average Bonchev–Trinajstić information content (AvgIpc) is 2.23. The number of aryl methyl sites for hydroxylation is 1. The van der Waals surface area contributed by atoms with Crippen LogP contribution >= 0.6 is 0 Å². The summed E-state index contributed by atoms with van der Waals surface area (Å²) < 4.78 is 0. The zero-order valence-corrected chi connectivity index (χ0v) is 8.49. The fourth-order valence-electron chi connectivity index (χ4n) is 0.779. The van der Waals surface area contributed by atoms with Crippen LogP contribution in [0.3, 0.4) is 0 Å². The van der Waals surface area contributed by atoms with Gasteiger partial charge in [-0.2, -0.15) is 0 Å². The van der Waals surface area contributed by atoms with E-state index in [0.29, 0.717) is 5.82 Å². The summed E-state index contributed by atoms with van der Waals surface area (Å²) >= 11 is 0. The molecule has 0 fully saturated rings. The van der Waals surface area contributed by atoms with Crippen molar-refractivity contribution >= 4 is 12.2 Å². The Hall–Kier alpha value is -1.38. The Labute approximate surface area is 79.7 Å². The lowest BCUT2D eigenvalue weighted by molar-refractivity contribution is 1.10. The molecule has 1 aromatic rings. The van der Waals surface area contributed by atoms with Crippen molar-refractivity contribution in [3.63, 3.8) is 0 Å². The Morgan fingerprint density at radius 1 is 1.46 bits per heavy atom. The summed E-state index contributed by atoms with van der Waals surface area (Å²) in [4.78, 5) is 7.89. The number of rotatable bonds is 2. The number of aliphatic imine (C=N–C) groups is 1. The highest BCUT2D eigenvalue weighted by Crippen LogP contribution is 2.07. The maximum atomic E-state index is 5.10. The molecule has 0 aliphatic carbocycles. The van der Waals surface area contributed by atoms with E-state index in [4.69, 9.17) is 5.73 Å². The van der Waals surface area contributed by atoms with Crippen molar-refractivity contribution in [2.45, 2.75) is 27.2 Å². The van der Waals surface area contributed by atoms with E-state index in [0.717, 1.165) is 6.42 Å². The summed E-state index contributed by atoms with van der Waals surface area (Å²) in [6, 6.07) is 3.84. The first-order valence-corrected chi connectivity index (χ1v) is 4.56. The van der Waals surface area contributed by atoms with Crippen LogP contribution in [0.4, 0.5) is 5.82 Å². The molecule has 1 aromatic heterocycles. The Morgan fingerprint density at radius 3 is 2.54 bits per heavy atom. The molecule has 2 N–H and O–H groups in total. The smallest absolute Gasteiger partial charge is 0.153 e. The van der Waals surface area contributed by atoms with Gasteiger partial charge < -0.3 is 5.73 Å². The summed E-state index contributed by atoms with van der Waals surface area (Å²) in [6.45, 7) is 6.09.